The second-order valence-corrected chi connectivity index (χ2v) is 4.46. The highest BCUT2D eigenvalue weighted by Gasteiger charge is 2.11. The zero-order valence-corrected chi connectivity index (χ0v) is 10.4. The van der Waals surface area contributed by atoms with Crippen molar-refractivity contribution in [3.63, 3.8) is 0 Å². The van der Waals surface area contributed by atoms with E-state index in [2.05, 4.69) is 26.7 Å². The van der Waals surface area contributed by atoms with E-state index in [4.69, 9.17) is 0 Å². The summed E-state index contributed by atoms with van der Waals surface area (Å²) in [7, 11) is 0. The maximum absolute atomic E-state index is 12.0. The highest BCUT2D eigenvalue weighted by molar-refractivity contribution is 6.02. The first kappa shape index (κ1) is 11.8. The Morgan fingerprint density at radius 2 is 2.21 bits per heavy atom. The smallest absolute Gasteiger partial charge is 0.274 e. The SMILES string of the molecule is O=C(Nc1ccc2c(c1)CCNC2)c1ccncn1. The van der Waals surface area contributed by atoms with Crippen molar-refractivity contribution in [3.8, 4) is 0 Å². The number of fused-ring (bicyclic) bond motifs is 1. The first-order valence-corrected chi connectivity index (χ1v) is 6.23. The molecule has 5 heteroatoms. The van der Waals surface area contributed by atoms with Crippen molar-refractivity contribution in [1.82, 2.24) is 15.3 Å². The van der Waals surface area contributed by atoms with Crippen LogP contribution in [0.15, 0.2) is 36.8 Å². The number of aromatic nitrogens is 2. The van der Waals surface area contributed by atoms with Crippen LogP contribution in [-0.2, 0) is 13.0 Å². The van der Waals surface area contributed by atoms with Crippen LogP contribution in [0, 0.1) is 0 Å². The van der Waals surface area contributed by atoms with Crippen LogP contribution in [0.5, 0.6) is 0 Å². The number of nitrogens with zero attached hydrogens (tertiary/aromatic N) is 2. The second-order valence-electron chi connectivity index (χ2n) is 4.46. The minimum absolute atomic E-state index is 0.212. The maximum atomic E-state index is 12.0. The van der Waals surface area contributed by atoms with Crippen molar-refractivity contribution < 1.29 is 4.79 Å². The van der Waals surface area contributed by atoms with Gasteiger partial charge in [0, 0.05) is 18.4 Å². The molecule has 0 saturated heterocycles. The van der Waals surface area contributed by atoms with Crippen LogP contribution in [-0.4, -0.2) is 22.4 Å². The number of anilines is 1. The monoisotopic (exact) mass is 254 g/mol. The molecule has 2 N–H and O–H groups in total. The van der Waals surface area contributed by atoms with Gasteiger partial charge in [-0.05, 0) is 42.3 Å². The fourth-order valence-corrected chi connectivity index (χ4v) is 2.18. The van der Waals surface area contributed by atoms with Gasteiger partial charge in [0.15, 0.2) is 0 Å². The Labute approximate surface area is 111 Å². The number of carbonyl (C=O) groups excluding carboxylic acids is 1. The molecule has 0 atom stereocenters. The number of nitrogens with one attached hydrogen (secondary N) is 2. The molecule has 2 heterocycles. The van der Waals surface area contributed by atoms with Crippen LogP contribution in [0.1, 0.15) is 21.6 Å². The molecule has 0 spiro atoms. The molecule has 0 unspecified atom stereocenters. The molecule has 3 rings (SSSR count). The molecular weight excluding hydrogens is 240 g/mol. The third-order valence-electron chi connectivity index (χ3n) is 3.17. The lowest BCUT2D eigenvalue weighted by molar-refractivity contribution is 0.102. The van der Waals surface area contributed by atoms with Gasteiger partial charge in [-0.3, -0.25) is 4.79 Å². The van der Waals surface area contributed by atoms with Crippen LogP contribution in [0.25, 0.3) is 0 Å². The molecule has 1 aliphatic rings. The predicted molar refractivity (Wildman–Crippen MR) is 71.8 cm³/mol. The van der Waals surface area contributed by atoms with Crippen molar-refractivity contribution in [1.29, 1.82) is 0 Å². The third-order valence-corrected chi connectivity index (χ3v) is 3.17. The number of carbonyl (C=O) groups is 1. The van der Waals surface area contributed by atoms with Crippen LogP contribution >= 0.6 is 0 Å². The molecular formula is C14H14N4O. The minimum atomic E-state index is -0.212. The zero-order chi connectivity index (χ0) is 13.1. The average Bonchev–Trinajstić information content (AvgIpc) is 2.48. The van der Waals surface area contributed by atoms with E-state index in [1.54, 1.807) is 12.3 Å². The van der Waals surface area contributed by atoms with Gasteiger partial charge < -0.3 is 10.6 Å². The van der Waals surface area contributed by atoms with Crippen LogP contribution < -0.4 is 10.6 Å². The number of benzene rings is 1. The van der Waals surface area contributed by atoms with Crippen molar-refractivity contribution in [3.05, 3.63) is 53.6 Å². The Bertz CT molecular complexity index is 598. The molecule has 0 saturated carbocycles. The predicted octanol–water partition coefficient (Wildman–Crippen LogP) is 1.37. The summed E-state index contributed by atoms with van der Waals surface area (Å²) < 4.78 is 0. The largest absolute Gasteiger partial charge is 0.321 e. The Morgan fingerprint density at radius 1 is 1.26 bits per heavy atom. The lowest BCUT2D eigenvalue weighted by atomic mass is 10.0. The molecule has 1 aliphatic heterocycles. The summed E-state index contributed by atoms with van der Waals surface area (Å²) >= 11 is 0. The van der Waals surface area contributed by atoms with E-state index in [0.717, 1.165) is 25.2 Å². The zero-order valence-electron chi connectivity index (χ0n) is 10.4. The number of amides is 1. The van der Waals surface area contributed by atoms with Crippen LogP contribution in [0.3, 0.4) is 0 Å². The fourth-order valence-electron chi connectivity index (χ4n) is 2.18. The fraction of sp³-hybridized carbons (Fsp3) is 0.214. The lowest BCUT2D eigenvalue weighted by Crippen LogP contribution is -2.23. The summed E-state index contributed by atoms with van der Waals surface area (Å²) in [5, 5.41) is 6.18. The van der Waals surface area contributed by atoms with E-state index < -0.39 is 0 Å². The standard InChI is InChI=1S/C14H14N4O/c19-14(13-4-6-16-9-17-13)18-12-2-1-11-8-15-5-3-10(11)7-12/h1-2,4,6-7,9,15H,3,5,8H2,(H,18,19). The maximum Gasteiger partial charge on any atom is 0.274 e. The van der Waals surface area contributed by atoms with E-state index in [-0.39, 0.29) is 5.91 Å². The Morgan fingerprint density at radius 3 is 3.05 bits per heavy atom. The summed E-state index contributed by atoms with van der Waals surface area (Å²) in [5.74, 6) is -0.212. The summed E-state index contributed by atoms with van der Waals surface area (Å²) in [6.07, 6.45) is 3.92. The first-order chi connectivity index (χ1) is 9.33. The topological polar surface area (TPSA) is 66.9 Å². The van der Waals surface area contributed by atoms with Gasteiger partial charge in [-0.1, -0.05) is 6.07 Å². The van der Waals surface area contributed by atoms with E-state index in [1.807, 2.05) is 12.1 Å². The van der Waals surface area contributed by atoms with Gasteiger partial charge in [-0.2, -0.15) is 0 Å². The quantitative estimate of drug-likeness (QED) is 0.849. The van der Waals surface area contributed by atoms with Gasteiger partial charge in [0.2, 0.25) is 0 Å². The summed E-state index contributed by atoms with van der Waals surface area (Å²) in [6, 6.07) is 7.61. The highest BCUT2D eigenvalue weighted by Crippen LogP contribution is 2.19. The molecule has 0 aliphatic carbocycles. The first-order valence-electron chi connectivity index (χ1n) is 6.23. The van der Waals surface area contributed by atoms with Gasteiger partial charge in [0.1, 0.15) is 12.0 Å². The van der Waals surface area contributed by atoms with Crippen LogP contribution in [0.4, 0.5) is 5.69 Å². The minimum Gasteiger partial charge on any atom is -0.321 e. The number of hydrogen-bond donors (Lipinski definition) is 2. The molecule has 0 radical (unpaired) electrons. The normalized spacial score (nSPS) is 13.7. The van der Waals surface area contributed by atoms with Crippen LogP contribution in [0.2, 0.25) is 0 Å². The van der Waals surface area contributed by atoms with Gasteiger partial charge in [-0.25, -0.2) is 9.97 Å². The molecule has 1 amide bonds. The highest BCUT2D eigenvalue weighted by atomic mass is 16.1. The van der Waals surface area contributed by atoms with Crippen molar-refractivity contribution in [2.24, 2.45) is 0 Å². The Kier molecular flexibility index (Phi) is 3.20. The summed E-state index contributed by atoms with van der Waals surface area (Å²) in [5.41, 5.74) is 3.77. The average molecular weight is 254 g/mol. The van der Waals surface area contributed by atoms with Crippen molar-refractivity contribution >= 4 is 11.6 Å². The van der Waals surface area contributed by atoms with Gasteiger partial charge in [0.25, 0.3) is 5.91 Å². The van der Waals surface area contributed by atoms with Crippen molar-refractivity contribution in [2.75, 3.05) is 11.9 Å². The van der Waals surface area contributed by atoms with Gasteiger partial charge in [0.05, 0.1) is 0 Å². The van der Waals surface area contributed by atoms with E-state index in [0.29, 0.717) is 5.69 Å². The number of hydrogen-bond acceptors (Lipinski definition) is 4. The summed E-state index contributed by atoms with van der Waals surface area (Å²) in [4.78, 5) is 19.7. The van der Waals surface area contributed by atoms with E-state index in [1.165, 1.54) is 17.5 Å². The number of rotatable bonds is 2. The van der Waals surface area contributed by atoms with Gasteiger partial charge in [-0.15, -0.1) is 0 Å². The molecule has 1 aromatic carbocycles. The molecule has 2 aromatic rings. The third kappa shape index (κ3) is 2.61. The molecule has 19 heavy (non-hydrogen) atoms. The molecule has 0 fully saturated rings. The Hall–Kier alpha value is -2.27. The molecule has 0 bridgehead atoms. The van der Waals surface area contributed by atoms with Gasteiger partial charge >= 0.3 is 0 Å². The molecule has 96 valence electrons. The van der Waals surface area contributed by atoms with Crippen molar-refractivity contribution in [2.45, 2.75) is 13.0 Å². The van der Waals surface area contributed by atoms with E-state index in [9.17, 15) is 4.79 Å². The summed E-state index contributed by atoms with van der Waals surface area (Å²) in [6.45, 7) is 1.88. The Balaban J connectivity index is 1.78. The molecule has 5 nitrogen and oxygen atoms in total. The van der Waals surface area contributed by atoms with E-state index >= 15 is 0 Å². The molecule has 1 aromatic heterocycles. The lowest BCUT2D eigenvalue weighted by Gasteiger charge is -2.18. The second kappa shape index (κ2) is 5.16.